The van der Waals surface area contributed by atoms with Crippen LogP contribution in [-0.4, -0.2) is 29.9 Å². The van der Waals surface area contributed by atoms with Gasteiger partial charge in [-0.15, -0.1) is 0 Å². The number of anilines is 1. The van der Waals surface area contributed by atoms with E-state index in [0.717, 1.165) is 0 Å². The standard InChI is InChI=1S/C11H12ClN3O3S/c12-9-2-1-3-10(6-9)14-19(17,18)11-7-13-15(8-11)4-5-16/h1-3,6-8,14,16H,4-5H2. The number of aliphatic hydroxyl groups is 1. The number of sulfonamides is 1. The van der Waals surface area contributed by atoms with Crippen molar-refractivity contribution in [3.63, 3.8) is 0 Å². The van der Waals surface area contributed by atoms with E-state index in [4.69, 9.17) is 16.7 Å². The molecule has 2 N–H and O–H groups in total. The molecule has 0 unspecified atom stereocenters. The van der Waals surface area contributed by atoms with Crippen LogP contribution in [0, 0.1) is 0 Å². The minimum Gasteiger partial charge on any atom is -0.394 e. The zero-order chi connectivity index (χ0) is 13.9. The average molecular weight is 302 g/mol. The van der Waals surface area contributed by atoms with Gasteiger partial charge >= 0.3 is 0 Å². The van der Waals surface area contributed by atoms with Gasteiger partial charge in [-0.05, 0) is 18.2 Å². The summed E-state index contributed by atoms with van der Waals surface area (Å²) in [7, 11) is -3.70. The summed E-state index contributed by atoms with van der Waals surface area (Å²) in [4.78, 5) is 0.0286. The van der Waals surface area contributed by atoms with Gasteiger partial charge in [0.25, 0.3) is 10.0 Å². The second-order valence-corrected chi connectivity index (χ2v) is 5.90. The topological polar surface area (TPSA) is 84.2 Å². The first-order valence-corrected chi connectivity index (χ1v) is 7.29. The predicted molar refractivity (Wildman–Crippen MR) is 71.6 cm³/mol. The molecule has 0 saturated carbocycles. The fraction of sp³-hybridized carbons (Fsp3) is 0.182. The van der Waals surface area contributed by atoms with Crippen LogP contribution in [0.2, 0.25) is 5.02 Å². The van der Waals surface area contributed by atoms with Gasteiger partial charge in [0.2, 0.25) is 0 Å². The van der Waals surface area contributed by atoms with Crippen LogP contribution in [0.5, 0.6) is 0 Å². The van der Waals surface area contributed by atoms with Crippen molar-refractivity contribution in [3.8, 4) is 0 Å². The molecule has 6 nitrogen and oxygen atoms in total. The fourth-order valence-corrected chi connectivity index (χ4v) is 2.67. The molecule has 102 valence electrons. The lowest BCUT2D eigenvalue weighted by molar-refractivity contribution is 0.269. The monoisotopic (exact) mass is 301 g/mol. The summed E-state index contributed by atoms with van der Waals surface area (Å²) in [6.45, 7) is 0.134. The van der Waals surface area contributed by atoms with E-state index < -0.39 is 10.0 Å². The molecule has 0 bridgehead atoms. The molecule has 0 spiro atoms. The van der Waals surface area contributed by atoms with Gasteiger partial charge in [-0.1, -0.05) is 17.7 Å². The van der Waals surface area contributed by atoms with E-state index in [-0.39, 0.29) is 18.0 Å². The molecule has 1 aromatic carbocycles. The fourth-order valence-electron chi connectivity index (χ4n) is 1.47. The van der Waals surface area contributed by atoms with Crippen molar-refractivity contribution in [2.75, 3.05) is 11.3 Å². The number of benzene rings is 1. The Labute approximate surface area is 115 Å². The van der Waals surface area contributed by atoms with Crippen molar-refractivity contribution in [1.82, 2.24) is 9.78 Å². The third kappa shape index (κ3) is 3.46. The Hall–Kier alpha value is -1.57. The molecule has 0 aliphatic rings. The Bertz CT molecular complexity index is 669. The highest BCUT2D eigenvalue weighted by atomic mass is 35.5. The summed E-state index contributed by atoms with van der Waals surface area (Å²) in [6, 6.07) is 6.41. The second-order valence-electron chi connectivity index (χ2n) is 3.78. The highest BCUT2D eigenvalue weighted by Crippen LogP contribution is 2.19. The van der Waals surface area contributed by atoms with Gasteiger partial charge in [-0.2, -0.15) is 5.10 Å². The molecule has 0 radical (unpaired) electrons. The van der Waals surface area contributed by atoms with E-state index in [0.29, 0.717) is 10.7 Å². The van der Waals surface area contributed by atoms with Gasteiger partial charge in [0.1, 0.15) is 4.90 Å². The van der Waals surface area contributed by atoms with E-state index in [2.05, 4.69) is 9.82 Å². The maximum atomic E-state index is 12.1. The molecular weight excluding hydrogens is 290 g/mol. The highest BCUT2D eigenvalue weighted by molar-refractivity contribution is 7.92. The first-order valence-electron chi connectivity index (χ1n) is 5.43. The van der Waals surface area contributed by atoms with Gasteiger partial charge in [0, 0.05) is 11.2 Å². The van der Waals surface area contributed by atoms with Gasteiger partial charge in [0.15, 0.2) is 0 Å². The number of hydrogen-bond acceptors (Lipinski definition) is 4. The summed E-state index contributed by atoms with van der Waals surface area (Å²) < 4.78 is 27.9. The van der Waals surface area contributed by atoms with Crippen LogP contribution in [0.25, 0.3) is 0 Å². The van der Waals surface area contributed by atoms with Crippen molar-refractivity contribution in [3.05, 3.63) is 41.7 Å². The number of hydrogen-bond donors (Lipinski definition) is 2. The van der Waals surface area contributed by atoms with Crippen LogP contribution in [0.4, 0.5) is 5.69 Å². The zero-order valence-corrected chi connectivity index (χ0v) is 11.4. The number of halogens is 1. The zero-order valence-electron chi connectivity index (χ0n) is 9.82. The molecule has 0 saturated heterocycles. The maximum absolute atomic E-state index is 12.1. The molecule has 0 atom stereocenters. The molecule has 0 fully saturated rings. The van der Waals surface area contributed by atoms with Crippen LogP contribution < -0.4 is 4.72 Å². The van der Waals surface area contributed by atoms with Gasteiger partial charge in [-0.3, -0.25) is 9.40 Å². The van der Waals surface area contributed by atoms with E-state index in [1.54, 1.807) is 18.2 Å². The third-order valence-corrected chi connectivity index (χ3v) is 3.90. The molecule has 0 aliphatic carbocycles. The van der Waals surface area contributed by atoms with Crippen LogP contribution in [0.3, 0.4) is 0 Å². The molecule has 1 heterocycles. The van der Waals surface area contributed by atoms with Crippen molar-refractivity contribution < 1.29 is 13.5 Å². The third-order valence-electron chi connectivity index (χ3n) is 2.33. The number of nitrogens with zero attached hydrogens (tertiary/aromatic N) is 2. The number of aliphatic hydroxyl groups excluding tert-OH is 1. The summed E-state index contributed by atoms with van der Waals surface area (Å²) >= 11 is 5.79. The molecule has 0 amide bonds. The van der Waals surface area contributed by atoms with Gasteiger partial charge in [-0.25, -0.2) is 8.42 Å². The lowest BCUT2D eigenvalue weighted by atomic mass is 10.3. The Morgan fingerprint density at radius 3 is 2.89 bits per heavy atom. The summed E-state index contributed by atoms with van der Waals surface area (Å²) in [5.41, 5.74) is 0.377. The highest BCUT2D eigenvalue weighted by Gasteiger charge is 2.16. The van der Waals surface area contributed by atoms with Crippen molar-refractivity contribution in [2.45, 2.75) is 11.4 Å². The second kappa shape index (κ2) is 5.60. The largest absolute Gasteiger partial charge is 0.394 e. The Kier molecular flexibility index (Phi) is 4.08. The van der Waals surface area contributed by atoms with Crippen molar-refractivity contribution in [2.24, 2.45) is 0 Å². The Balaban J connectivity index is 2.22. The van der Waals surface area contributed by atoms with E-state index in [1.165, 1.54) is 23.1 Å². The molecule has 2 rings (SSSR count). The summed E-state index contributed by atoms with van der Waals surface area (Å²) in [5.74, 6) is 0. The van der Waals surface area contributed by atoms with Crippen LogP contribution in [0.1, 0.15) is 0 Å². The van der Waals surface area contributed by atoms with E-state index >= 15 is 0 Å². The summed E-state index contributed by atoms with van der Waals surface area (Å²) in [5, 5.41) is 13.0. The number of rotatable bonds is 5. The maximum Gasteiger partial charge on any atom is 0.265 e. The summed E-state index contributed by atoms with van der Waals surface area (Å²) in [6.07, 6.45) is 2.58. The molecule has 19 heavy (non-hydrogen) atoms. The predicted octanol–water partition coefficient (Wildman–Crippen LogP) is 1.33. The van der Waals surface area contributed by atoms with Crippen LogP contribution in [0.15, 0.2) is 41.6 Å². The minimum absolute atomic E-state index is 0.0286. The lowest BCUT2D eigenvalue weighted by Crippen LogP contribution is -2.12. The van der Waals surface area contributed by atoms with Crippen LogP contribution in [-0.2, 0) is 16.6 Å². The van der Waals surface area contributed by atoms with E-state index in [9.17, 15) is 8.42 Å². The molecule has 1 aromatic heterocycles. The first kappa shape index (κ1) is 13.9. The van der Waals surface area contributed by atoms with Gasteiger partial charge < -0.3 is 5.11 Å². The molecule has 2 aromatic rings. The van der Waals surface area contributed by atoms with E-state index in [1.807, 2.05) is 0 Å². The minimum atomic E-state index is -3.70. The molecule has 0 aliphatic heterocycles. The quantitative estimate of drug-likeness (QED) is 0.872. The Morgan fingerprint density at radius 1 is 1.42 bits per heavy atom. The number of aromatic nitrogens is 2. The normalized spacial score (nSPS) is 11.5. The van der Waals surface area contributed by atoms with Gasteiger partial charge in [0.05, 0.1) is 25.0 Å². The van der Waals surface area contributed by atoms with Crippen molar-refractivity contribution >= 4 is 27.3 Å². The van der Waals surface area contributed by atoms with Crippen molar-refractivity contribution in [1.29, 1.82) is 0 Å². The average Bonchev–Trinajstić information content (AvgIpc) is 2.78. The lowest BCUT2D eigenvalue weighted by Gasteiger charge is -2.06. The van der Waals surface area contributed by atoms with Crippen LogP contribution >= 0.6 is 11.6 Å². The smallest absolute Gasteiger partial charge is 0.265 e. The first-order chi connectivity index (χ1) is 9.01. The number of nitrogens with one attached hydrogen (secondary N) is 1. The molecular formula is C11H12ClN3O3S. The Morgan fingerprint density at radius 2 is 2.21 bits per heavy atom. The SMILES string of the molecule is O=S(=O)(Nc1cccc(Cl)c1)c1cnn(CCO)c1. The molecule has 8 heteroatoms.